The zero-order valence-corrected chi connectivity index (χ0v) is 16.2. The molecule has 2 aromatic rings. The first-order chi connectivity index (χ1) is 14.4. The molecule has 0 bridgehead atoms. The lowest BCUT2D eigenvalue weighted by Gasteiger charge is -2.34. The van der Waals surface area contributed by atoms with Gasteiger partial charge >= 0.3 is 5.97 Å². The molecule has 1 saturated heterocycles. The van der Waals surface area contributed by atoms with Crippen molar-refractivity contribution in [3.63, 3.8) is 0 Å². The van der Waals surface area contributed by atoms with Crippen LogP contribution in [0.15, 0.2) is 48.5 Å². The Morgan fingerprint density at radius 1 is 1.07 bits per heavy atom. The van der Waals surface area contributed by atoms with E-state index in [1.165, 1.54) is 25.3 Å². The highest BCUT2D eigenvalue weighted by atomic mass is 16.6. The molecule has 4 atom stereocenters. The minimum atomic E-state index is -1.38. The Morgan fingerprint density at radius 2 is 1.80 bits per heavy atom. The third-order valence-electron chi connectivity index (χ3n) is 4.71. The number of ether oxygens (including phenoxy) is 3. The molecule has 0 aliphatic carbocycles. The Kier molecular flexibility index (Phi) is 7.01. The lowest BCUT2D eigenvalue weighted by Crippen LogP contribution is -2.54. The lowest BCUT2D eigenvalue weighted by molar-refractivity contribution is -0.195. The Bertz CT molecular complexity index is 888. The van der Waals surface area contributed by atoms with Crippen LogP contribution in [0.2, 0.25) is 0 Å². The third-order valence-corrected chi connectivity index (χ3v) is 4.71. The number of carbonyl (C=O) groups excluding carboxylic acids is 2. The predicted octanol–water partition coefficient (Wildman–Crippen LogP) is 0.586. The molecular weight excluding hydrogens is 394 g/mol. The second kappa shape index (κ2) is 9.68. The highest BCUT2D eigenvalue weighted by Crippen LogP contribution is 2.27. The van der Waals surface area contributed by atoms with E-state index in [2.05, 4.69) is 5.32 Å². The molecule has 0 spiro atoms. The number of anilines is 1. The number of rotatable bonds is 6. The van der Waals surface area contributed by atoms with E-state index >= 15 is 0 Å². The zero-order valence-electron chi connectivity index (χ0n) is 16.2. The number of benzene rings is 2. The standard InChI is InChI=1S/C21H23NO8/c1-28-16-9-13(7-8-14(16)22-20(26)12-5-3-2-4-6-12)21(27)30-11-17-19(25)18(24)15(23)10-29-17/h2-9,15,17-19,23-25H,10-11H2,1H3,(H,22,26)/t15-,17+,18+,19-/m0/s1. The molecule has 1 heterocycles. The summed E-state index contributed by atoms with van der Waals surface area (Å²) in [6.07, 6.45) is -4.92. The van der Waals surface area contributed by atoms with Crippen LogP contribution in [-0.2, 0) is 9.47 Å². The van der Waals surface area contributed by atoms with Crippen LogP contribution in [-0.4, -0.2) is 71.9 Å². The van der Waals surface area contributed by atoms with Crippen LogP contribution in [0.4, 0.5) is 5.69 Å². The monoisotopic (exact) mass is 417 g/mol. The van der Waals surface area contributed by atoms with Crippen molar-refractivity contribution in [3.05, 3.63) is 59.7 Å². The Hall–Kier alpha value is -2.98. The molecule has 9 nitrogen and oxygen atoms in total. The Labute approximate surface area is 172 Å². The van der Waals surface area contributed by atoms with E-state index in [0.717, 1.165) is 0 Å². The first-order valence-electron chi connectivity index (χ1n) is 9.28. The molecule has 30 heavy (non-hydrogen) atoms. The van der Waals surface area contributed by atoms with E-state index in [1.807, 2.05) is 0 Å². The lowest BCUT2D eigenvalue weighted by atomic mass is 10.0. The molecule has 1 amide bonds. The van der Waals surface area contributed by atoms with Crippen molar-refractivity contribution >= 4 is 17.6 Å². The smallest absolute Gasteiger partial charge is 0.338 e. The van der Waals surface area contributed by atoms with Crippen molar-refractivity contribution < 1.29 is 39.1 Å². The average molecular weight is 417 g/mol. The van der Waals surface area contributed by atoms with Crippen molar-refractivity contribution in [2.75, 3.05) is 25.6 Å². The minimum Gasteiger partial charge on any atom is -0.495 e. The van der Waals surface area contributed by atoms with Gasteiger partial charge in [-0.3, -0.25) is 4.79 Å². The van der Waals surface area contributed by atoms with Gasteiger partial charge in [-0.25, -0.2) is 4.79 Å². The van der Waals surface area contributed by atoms with Crippen LogP contribution in [0.1, 0.15) is 20.7 Å². The van der Waals surface area contributed by atoms with Gasteiger partial charge in [-0.05, 0) is 30.3 Å². The zero-order chi connectivity index (χ0) is 21.7. The molecule has 3 rings (SSSR count). The summed E-state index contributed by atoms with van der Waals surface area (Å²) in [5, 5.41) is 31.8. The fourth-order valence-electron chi connectivity index (χ4n) is 2.96. The van der Waals surface area contributed by atoms with Gasteiger partial charge in [0.15, 0.2) is 0 Å². The fraction of sp³-hybridized carbons (Fsp3) is 0.333. The SMILES string of the molecule is COc1cc(C(=O)OC[C@H]2OC[C@H](O)[C@@H](O)[C@H]2O)ccc1NC(=O)c1ccccc1. The van der Waals surface area contributed by atoms with Crippen LogP contribution >= 0.6 is 0 Å². The van der Waals surface area contributed by atoms with Gasteiger partial charge in [0.2, 0.25) is 0 Å². The van der Waals surface area contributed by atoms with Gasteiger partial charge in [-0.2, -0.15) is 0 Å². The number of carbonyl (C=O) groups is 2. The number of hydrogen-bond acceptors (Lipinski definition) is 8. The highest BCUT2D eigenvalue weighted by Gasteiger charge is 2.38. The molecule has 1 aliphatic rings. The molecular formula is C21H23NO8. The fourth-order valence-corrected chi connectivity index (χ4v) is 2.96. The van der Waals surface area contributed by atoms with E-state index < -0.39 is 30.4 Å². The van der Waals surface area contributed by atoms with Gasteiger partial charge in [0.05, 0.1) is 25.0 Å². The summed E-state index contributed by atoms with van der Waals surface area (Å²) in [6.45, 7) is -0.483. The molecule has 0 aromatic heterocycles. The summed E-state index contributed by atoms with van der Waals surface area (Å²) in [5.41, 5.74) is 1.02. The summed E-state index contributed by atoms with van der Waals surface area (Å²) >= 11 is 0. The van der Waals surface area contributed by atoms with Crippen LogP contribution in [0.25, 0.3) is 0 Å². The van der Waals surface area contributed by atoms with Crippen molar-refractivity contribution in [3.8, 4) is 5.75 Å². The van der Waals surface area contributed by atoms with Gasteiger partial charge in [0, 0.05) is 5.56 Å². The number of aliphatic hydroxyl groups is 3. The van der Waals surface area contributed by atoms with Gasteiger partial charge in [-0.1, -0.05) is 18.2 Å². The first kappa shape index (κ1) is 21.7. The second-order valence-electron chi connectivity index (χ2n) is 6.75. The number of methoxy groups -OCH3 is 1. The predicted molar refractivity (Wildman–Crippen MR) is 105 cm³/mol. The van der Waals surface area contributed by atoms with E-state index in [-0.39, 0.29) is 30.4 Å². The van der Waals surface area contributed by atoms with Crippen LogP contribution in [0, 0.1) is 0 Å². The molecule has 160 valence electrons. The summed E-state index contributed by atoms with van der Waals surface area (Å²) in [5.74, 6) is -0.764. The number of amides is 1. The van der Waals surface area contributed by atoms with Crippen molar-refractivity contribution in [1.29, 1.82) is 0 Å². The van der Waals surface area contributed by atoms with Crippen LogP contribution in [0.5, 0.6) is 5.75 Å². The maximum absolute atomic E-state index is 12.3. The number of hydrogen-bond donors (Lipinski definition) is 4. The summed E-state index contributed by atoms with van der Waals surface area (Å²) in [7, 11) is 1.40. The molecule has 2 aromatic carbocycles. The molecule has 0 saturated carbocycles. The highest BCUT2D eigenvalue weighted by molar-refractivity contribution is 6.05. The molecule has 0 unspecified atom stereocenters. The van der Waals surface area contributed by atoms with Crippen LogP contribution in [0.3, 0.4) is 0 Å². The largest absolute Gasteiger partial charge is 0.495 e. The van der Waals surface area contributed by atoms with E-state index in [0.29, 0.717) is 11.3 Å². The normalized spacial score (nSPS) is 23.5. The van der Waals surface area contributed by atoms with Crippen LogP contribution < -0.4 is 10.1 Å². The molecule has 0 radical (unpaired) electrons. The summed E-state index contributed by atoms with van der Waals surface area (Å²) in [6, 6.07) is 13.0. The number of nitrogens with one attached hydrogen (secondary N) is 1. The summed E-state index contributed by atoms with van der Waals surface area (Å²) < 4.78 is 15.6. The maximum Gasteiger partial charge on any atom is 0.338 e. The molecule has 1 aliphatic heterocycles. The first-order valence-corrected chi connectivity index (χ1v) is 9.28. The number of aliphatic hydroxyl groups excluding tert-OH is 3. The molecule has 1 fully saturated rings. The van der Waals surface area contributed by atoms with E-state index in [1.54, 1.807) is 30.3 Å². The second-order valence-corrected chi connectivity index (χ2v) is 6.75. The Balaban J connectivity index is 1.64. The van der Waals surface area contributed by atoms with E-state index in [9.17, 15) is 24.9 Å². The van der Waals surface area contributed by atoms with Gasteiger partial charge in [-0.15, -0.1) is 0 Å². The number of esters is 1. The maximum atomic E-state index is 12.3. The topological polar surface area (TPSA) is 135 Å². The van der Waals surface area contributed by atoms with Crippen molar-refractivity contribution in [1.82, 2.24) is 0 Å². The minimum absolute atomic E-state index is 0.162. The van der Waals surface area contributed by atoms with Gasteiger partial charge in [0.1, 0.15) is 36.8 Å². The van der Waals surface area contributed by atoms with E-state index in [4.69, 9.17) is 14.2 Å². The summed E-state index contributed by atoms with van der Waals surface area (Å²) in [4.78, 5) is 24.7. The average Bonchev–Trinajstić information content (AvgIpc) is 2.77. The third kappa shape index (κ3) is 4.95. The molecule has 9 heteroatoms. The van der Waals surface area contributed by atoms with Crippen molar-refractivity contribution in [2.24, 2.45) is 0 Å². The Morgan fingerprint density at radius 3 is 2.50 bits per heavy atom. The quantitative estimate of drug-likeness (QED) is 0.502. The van der Waals surface area contributed by atoms with Gasteiger partial charge < -0.3 is 34.8 Å². The molecule has 4 N–H and O–H groups in total. The van der Waals surface area contributed by atoms with Crippen molar-refractivity contribution in [2.45, 2.75) is 24.4 Å². The van der Waals surface area contributed by atoms with Gasteiger partial charge in [0.25, 0.3) is 5.91 Å².